The molecule has 5 heteroatoms. The lowest BCUT2D eigenvalue weighted by Gasteiger charge is -2.17. The van der Waals surface area contributed by atoms with Gasteiger partial charge in [-0.15, -0.1) is 0 Å². The van der Waals surface area contributed by atoms with Gasteiger partial charge in [0.1, 0.15) is 11.2 Å². The van der Waals surface area contributed by atoms with Gasteiger partial charge in [-0.05, 0) is 57.1 Å². The van der Waals surface area contributed by atoms with E-state index in [9.17, 15) is 0 Å². The van der Waals surface area contributed by atoms with Crippen LogP contribution in [-0.2, 0) is 0 Å². The molecular weight excluding hydrogens is 709 g/mol. The Hall–Kier alpha value is -7.89. The molecule has 5 nitrogen and oxygen atoms in total. The Balaban J connectivity index is 1.15. The van der Waals surface area contributed by atoms with Crippen molar-refractivity contribution in [3.8, 4) is 62.1 Å². The number of hydrogen-bond donors (Lipinski definition) is 0. The topological polar surface area (TPSA) is 56.7 Å². The molecule has 58 heavy (non-hydrogen) atoms. The van der Waals surface area contributed by atoms with E-state index >= 15 is 0 Å². The van der Waals surface area contributed by atoms with Crippen LogP contribution in [0.15, 0.2) is 186 Å². The molecule has 9 aromatic carbocycles. The van der Waals surface area contributed by atoms with Gasteiger partial charge in [0.05, 0.1) is 16.7 Å². The van der Waals surface area contributed by atoms with Crippen LogP contribution in [0.4, 0.5) is 0 Å². The molecule has 268 valence electrons. The van der Waals surface area contributed by atoms with E-state index in [1.165, 1.54) is 43.8 Å². The maximum Gasteiger partial charge on any atom is 0.164 e. The summed E-state index contributed by atoms with van der Waals surface area (Å²) in [6.07, 6.45) is 0. The van der Waals surface area contributed by atoms with Crippen molar-refractivity contribution >= 4 is 65.3 Å². The number of para-hydroxylation sites is 1. The van der Waals surface area contributed by atoms with E-state index in [-0.39, 0.29) is 0 Å². The maximum absolute atomic E-state index is 6.75. The highest BCUT2D eigenvalue weighted by Gasteiger charge is 2.29. The molecule has 0 aliphatic heterocycles. The standard InChI is InChI=1S/C53H30N4O/c1-3-14-32(15-4-1)51-54-52(33-16-5-2-6-17-33)56-53(55-51)39-27-29-41(36-21-9-7-19-34(36)39)57-42-28-26-31-18-13-24-37-35-20-8-10-22-38(35)48-47-40-23-11-12-25-44(40)58-45(47)30-43(57)50(48)49(42)46(31)37/h1-30H. The smallest absolute Gasteiger partial charge is 0.164 e. The first kappa shape index (κ1) is 31.3. The van der Waals surface area contributed by atoms with E-state index in [4.69, 9.17) is 19.4 Å². The predicted octanol–water partition coefficient (Wildman–Crippen LogP) is 13.8. The third-order valence-electron chi connectivity index (χ3n) is 12.0. The number of rotatable bonds is 4. The zero-order valence-electron chi connectivity index (χ0n) is 31.0. The van der Waals surface area contributed by atoms with Crippen LogP contribution in [0.2, 0.25) is 0 Å². The van der Waals surface area contributed by atoms with Gasteiger partial charge in [0, 0.05) is 55.3 Å². The zero-order valence-corrected chi connectivity index (χ0v) is 31.0. The van der Waals surface area contributed by atoms with Gasteiger partial charge in [-0.3, -0.25) is 0 Å². The van der Waals surface area contributed by atoms with Crippen LogP contribution in [0, 0.1) is 0 Å². The Kier molecular flexibility index (Phi) is 6.38. The molecule has 0 saturated carbocycles. The van der Waals surface area contributed by atoms with Gasteiger partial charge in [-0.1, -0.05) is 152 Å². The van der Waals surface area contributed by atoms with E-state index in [1.54, 1.807) is 0 Å². The number of nitrogens with zero attached hydrogens (tertiary/aromatic N) is 4. The second-order valence-corrected chi connectivity index (χ2v) is 15.1. The van der Waals surface area contributed by atoms with Crippen molar-refractivity contribution in [3.63, 3.8) is 0 Å². The van der Waals surface area contributed by atoms with E-state index in [1.807, 2.05) is 60.7 Å². The maximum atomic E-state index is 6.75. The molecule has 0 amide bonds. The van der Waals surface area contributed by atoms with Crippen molar-refractivity contribution in [2.75, 3.05) is 0 Å². The second-order valence-electron chi connectivity index (χ2n) is 15.1. The molecule has 1 aliphatic rings. The summed E-state index contributed by atoms with van der Waals surface area (Å²) >= 11 is 0. The SMILES string of the molecule is c1ccc(-c2nc(-c3ccccc3)nc(-c3ccc(-n4c5cc6oc7ccccc7c6c6c5c5c7c(cccc7ccc54)-c4ccccc4-6)c4ccccc34)n2)cc1. The molecule has 1 aliphatic carbocycles. The van der Waals surface area contributed by atoms with Gasteiger partial charge in [0.2, 0.25) is 0 Å². The first-order valence-corrected chi connectivity index (χ1v) is 19.6. The molecule has 0 spiro atoms. The lowest BCUT2D eigenvalue weighted by atomic mass is 9.91. The molecule has 0 radical (unpaired) electrons. The first-order valence-electron chi connectivity index (χ1n) is 19.6. The van der Waals surface area contributed by atoms with Crippen molar-refractivity contribution in [2.24, 2.45) is 0 Å². The summed E-state index contributed by atoms with van der Waals surface area (Å²) in [7, 11) is 0. The summed E-state index contributed by atoms with van der Waals surface area (Å²) in [5.74, 6) is 1.91. The fourth-order valence-electron chi connectivity index (χ4n) is 9.53. The fraction of sp³-hybridized carbons (Fsp3) is 0. The minimum absolute atomic E-state index is 0.630. The summed E-state index contributed by atoms with van der Waals surface area (Å²) in [5.41, 5.74) is 12.8. The largest absolute Gasteiger partial charge is 0.456 e. The normalized spacial score (nSPS) is 12.1. The highest BCUT2D eigenvalue weighted by Crippen LogP contribution is 2.53. The fourth-order valence-corrected chi connectivity index (χ4v) is 9.53. The average Bonchev–Trinajstić information content (AvgIpc) is 3.79. The number of furan rings is 1. The molecule has 3 aromatic heterocycles. The van der Waals surface area contributed by atoms with Crippen LogP contribution >= 0.6 is 0 Å². The van der Waals surface area contributed by atoms with Crippen LogP contribution in [0.25, 0.3) is 127 Å². The quantitative estimate of drug-likeness (QED) is 0.180. The van der Waals surface area contributed by atoms with E-state index in [0.29, 0.717) is 17.5 Å². The summed E-state index contributed by atoms with van der Waals surface area (Å²) < 4.78 is 9.21. The van der Waals surface area contributed by atoms with Gasteiger partial charge in [0.15, 0.2) is 17.5 Å². The summed E-state index contributed by atoms with van der Waals surface area (Å²) in [5, 5.41) is 9.42. The molecule has 0 saturated heterocycles. The summed E-state index contributed by atoms with van der Waals surface area (Å²) in [4.78, 5) is 15.3. The minimum Gasteiger partial charge on any atom is -0.456 e. The highest BCUT2D eigenvalue weighted by molar-refractivity contribution is 6.35. The molecule has 0 unspecified atom stereocenters. The minimum atomic E-state index is 0.630. The van der Waals surface area contributed by atoms with Crippen molar-refractivity contribution in [3.05, 3.63) is 182 Å². The van der Waals surface area contributed by atoms with Crippen molar-refractivity contribution < 1.29 is 4.42 Å². The van der Waals surface area contributed by atoms with Gasteiger partial charge >= 0.3 is 0 Å². The van der Waals surface area contributed by atoms with Gasteiger partial charge < -0.3 is 8.98 Å². The van der Waals surface area contributed by atoms with Crippen LogP contribution in [0.5, 0.6) is 0 Å². The number of benzene rings is 9. The molecule has 0 atom stereocenters. The molecule has 13 rings (SSSR count). The van der Waals surface area contributed by atoms with Crippen molar-refractivity contribution in [2.45, 2.75) is 0 Å². The van der Waals surface area contributed by atoms with Gasteiger partial charge in [-0.25, -0.2) is 15.0 Å². The first-order chi connectivity index (χ1) is 28.8. The van der Waals surface area contributed by atoms with Crippen molar-refractivity contribution in [1.29, 1.82) is 0 Å². The molecule has 0 fully saturated rings. The molecular formula is C53H30N4O. The monoisotopic (exact) mass is 738 g/mol. The third kappa shape index (κ3) is 4.33. The lowest BCUT2D eigenvalue weighted by molar-refractivity contribution is 0.669. The van der Waals surface area contributed by atoms with E-state index in [0.717, 1.165) is 66.1 Å². The number of fused-ring (bicyclic) bond motifs is 8. The average molecular weight is 739 g/mol. The van der Waals surface area contributed by atoms with Crippen molar-refractivity contribution in [1.82, 2.24) is 19.5 Å². The third-order valence-corrected chi connectivity index (χ3v) is 12.0. The Morgan fingerprint density at radius 3 is 1.78 bits per heavy atom. The number of hydrogen-bond acceptors (Lipinski definition) is 4. The summed E-state index contributed by atoms with van der Waals surface area (Å²) in [6.45, 7) is 0. The Morgan fingerprint density at radius 1 is 0.362 bits per heavy atom. The zero-order chi connectivity index (χ0) is 37.9. The van der Waals surface area contributed by atoms with E-state index in [2.05, 4.69) is 126 Å². The van der Waals surface area contributed by atoms with Crippen LogP contribution in [-0.4, -0.2) is 19.5 Å². The van der Waals surface area contributed by atoms with Crippen LogP contribution in [0.1, 0.15) is 0 Å². The highest BCUT2D eigenvalue weighted by atomic mass is 16.3. The van der Waals surface area contributed by atoms with Crippen LogP contribution < -0.4 is 0 Å². The predicted molar refractivity (Wildman–Crippen MR) is 237 cm³/mol. The lowest BCUT2D eigenvalue weighted by Crippen LogP contribution is -2.02. The van der Waals surface area contributed by atoms with Crippen LogP contribution in [0.3, 0.4) is 0 Å². The molecule has 0 N–H and O–H groups in total. The molecule has 12 aromatic rings. The second kappa shape index (κ2) is 11.8. The Bertz CT molecular complexity index is 3620. The summed E-state index contributed by atoms with van der Waals surface area (Å²) in [6, 6.07) is 64.2. The molecule has 3 heterocycles. The Labute approximate surface area is 332 Å². The van der Waals surface area contributed by atoms with Gasteiger partial charge in [0.25, 0.3) is 0 Å². The Morgan fingerprint density at radius 2 is 1.00 bits per heavy atom. The number of aromatic nitrogens is 4. The molecule has 0 bridgehead atoms. The van der Waals surface area contributed by atoms with Gasteiger partial charge in [-0.2, -0.15) is 0 Å². The van der Waals surface area contributed by atoms with E-state index < -0.39 is 0 Å².